The molecule has 0 bridgehead atoms. The Bertz CT molecular complexity index is 476. The van der Waals surface area contributed by atoms with Gasteiger partial charge in [0.2, 0.25) is 5.91 Å². The maximum absolute atomic E-state index is 11.3. The molecule has 7 heteroatoms. The van der Waals surface area contributed by atoms with Crippen LogP contribution in [-0.4, -0.2) is 42.9 Å². The smallest absolute Gasteiger partial charge is 0.219 e. The Labute approximate surface area is 124 Å². The highest BCUT2D eigenvalue weighted by Crippen LogP contribution is 2.20. The third kappa shape index (κ3) is 4.03. The van der Waals surface area contributed by atoms with Crippen molar-refractivity contribution in [2.75, 3.05) is 31.1 Å². The normalized spacial score (nSPS) is 14.4. The molecule has 1 amide bonds. The van der Waals surface area contributed by atoms with Gasteiger partial charge in [-0.1, -0.05) is 0 Å². The van der Waals surface area contributed by atoms with Crippen LogP contribution in [0.5, 0.6) is 0 Å². The molecule has 0 saturated carbocycles. The summed E-state index contributed by atoms with van der Waals surface area (Å²) < 4.78 is 0. The van der Waals surface area contributed by atoms with Crippen LogP contribution in [0.15, 0.2) is 29.3 Å². The molecule has 20 heavy (non-hydrogen) atoms. The minimum Gasteiger partial charge on any atom is -0.370 e. The van der Waals surface area contributed by atoms with E-state index in [9.17, 15) is 4.79 Å². The highest BCUT2D eigenvalue weighted by atomic mass is 35.5. The van der Waals surface area contributed by atoms with Gasteiger partial charge in [-0.05, 0) is 24.3 Å². The lowest BCUT2D eigenvalue weighted by Crippen LogP contribution is -2.48. The molecule has 1 aliphatic heterocycles. The van der Waals surface area contributed by atoms with Crippen LogP contribution < -0.4 is 16.4 Å². The minimum absolute atomic E-state index is 0. The molecule has 1 aliphatic rings. The Morgan fingerprint density at radius 2 is 1.65 bits per heavy atom. The summed E-state index contributed by atoms with van der Waals surface area (Å²) in [5, 5.41) is 0. The Morgan fingerprint density at radius 3 is 2.10 bits per heavy atom. The number of guanidine groups is 1. The molecule has 6 nitrogen and oxygen atoms in total. The largest absolute Gasteiger partial charge is 0.370 e. The zero-order valence-electron chi connectivity index (χ0n) is 11.5. The van der Waals surface area contributed by atoms with Crippen molar-refractivity contribution < 1.29 is 4.79 Å². The average molecular weight is 298 g/mol. The SMILES string of the molecule is CC(=O)N1CCN(c2ccc(N=C(N)N)cc2)CC1.Cl. The molecule has 1 saturated heterocycles. The highest BCUT2D eigenvalue weighted by molar-refractivity contribution is 5.85. The standard InChI is InChI=1S/C13H19N5O.ClH/c1-10(19)17-6-8-18(9-7-17)12-4-2-11(3-5-12)16-13(14)15;/h2-5H,6-9H2,1H3,(H4,14,15,16);1H. The molecule has 4 N–H and O–H groups in total. The number of carbonyl (C=O) groups excluding carboxylic acids is 1. The van der Waals surface area contributed by atoms with Crippen LogP contribution in [0.3, 0.4) is 0 Å². The molecule has 0 aliphatic carbocycles. The highest BCUT2D eigenvalue weighted by Gasteiger charge is 2.18. The maximum atomic E-state index is 11.3. The predicted molar refractivity (Wildman–Crippen MR) is 83.6 cm³/mol. The summed E-state index contributed by atoms with van der Waals surface area (Å²) in [5.74, 6) is 0.200. The van der Waals surface area contributed by atoms with Crippen LogP contribution in [0, 0.1) is 0 Å². The molecule has 1 heterocycles. The van der Waals surface area contributed by atoms with Crippen molar-refractivity contribution in [3.63, 3.8) is 0 Å². The Hall–Kier alpha value is -1.95. The summed E-state index contributed by atoms with van der Waals surface area (Å²) in [5.41, 5.74) is 12.5. The Balaban J connectivity index is 0.00000200. The lowest BCUT2D eigenvalue weighted by atomic mass is 10.2. The molecule has 0 atom stereocenters. The third-order valence-corrected chi connectivity index (χ3v) is 3.20. The summed E-state index contributed by atoms with van der Waals surface area (Å²) in [7, 11) is 0. The zero-order chi connectivity index (χ0) is 13.8. The van der Waals surface area contributed by atoms with Crippen molar-refractivity contribution in [1.29, 1.82) is 0 Å². The molecule has 1 fully saturated rings. The first kappa shape index (κ1) is 16.1. The topological polar surface area (TPSA) is 88.0 Å². The van der Waals surface area contributed by atoms with Gasteiger partial charge in [0.25, 0.3) is 0 Å². The van der Waals surface area contributed by atoms with E-state index in [1.807, 2.05) is 29.2 Å². The van der Waals surface area contributed by atoms with E-state index < -0.39 is 0 Å². The molecule has 0 aromatic heterocycles. The quantitative estimate of drug-likeness (QED) is 0.621. The van der Waals surface area contributed by atoms with Crippen LogP contribution in [0.2, 0.25) is 0 Å². The summed E-state index contributed by atoms with van der Waals surface area (Å²) in [6, 6.07) is 7.75. The molecule has 1 aromatic carbocycles. The van der Waals surface area contributed by atoms with Crippen LogP contribution >= 0.6 is 12.4 Å². The van der Waals surface area contributed by atoms with E-state index in [0.29, 0.717) is 0 Å². The van der Waals surface area contributed by atoms with E-state index in [1.54, 1.807) is 6.92 Å². The van der Waals surface area contributed by atoms with Crippen molar-refractivity contribution in [1.82, 2.24) is 4.90 Å². The van der Waals surface area contributed by atoms with Crippen LogP contribution in [-0.2, 0) is 4.79 Å². The number of hydrogen-bond donors (Lipinski definition) is 2. The Kier molecular flexibility index (Phi) is 5.64. The van der Waals surface area contributed by atoms with Crippen molar-refractivity contribution in [3.05, 3.63) is 24.3 Å². The number of anilines is 1. The molecule has 0 spiro atoms. The fourth-order valence-corrected chi connectivity index (χ4v) is 2.17. The maximum Gasteiger partial charge on any atom is 0.219 e. The first-order valence-electron chi connectivity index (χ1n) is 6.26. The van der Waals surface area contributed by atoms with Gasteiger partial charge in [0.15, 0.2) is 5.96 Å². The average Bonchev–Trinajstić information content (AvgIpc) is 2.39. The minimum atomic E-state index is 0. The van der Waals surface area contributed by atoms with Crippen LogP contribution in [0.4, 0.5) is 11.4 Å². The number of benzene rings is 1. The van der Waals surface area contributed by atoms with Gasteiger partial charge in [-0.3, -0.25) is 4.79 Å². The monoisotopic (exact) mass is 297 g/mol. The lowest BCUT2D eigenvalue weighted by Gasteiger charge is -2.35. The van der Waals surface area contributed by atoms with Gasteiger partial charge in [0.1, 0.15) is 0 Å². The lowest BCUT2D eigenvalue weighted by molar-refractivity contribution is -0.129. The van der Waals surface area contributed by atoms with E-state index in [0.717, 1.165) is 37.6 Å². The fourth-order valence-electron chi connectivity index (χ4n) is 2.17. The molecular weight excluding hydrogens is 278 g/mol. The van der Waals surface area contributed by atoms with Crippen molar-refractivity contribution in [2.24, 2.45) is 16.5 Å². The van der Waals surface area contributed by atoms with Crippen LogP contribution in [0.1, 0.15) is 6.92 Å². The van der Waals surface area contributed by atoms with E-state index in [1.165, 1.54) is 0 Å². The number of aliphatic imine (C=N–C) groups is 1. The number of nitrogens with two attached hydrogens (primary N) is 2. The van der Waals surface area contributed by atoms with E-state index >= 15 is 0 Å². The van der Waals surface area contributed by atoms with E-state index in [2.05, 4.69) is 9.89 Å². The molecule has 1 aromatic rings. The van der Waals surface area contributed by atoms with E-state index in [-0.39, 0.29) is 24.3 Å². The van der Waals surface area contributed by atoms with Gasteiger partial charge in [0.05, 0.1) is 5.69 Å². The number of piperazine rings is 1. The first-order valence-corrected chi connectivity index (χ1v) is 6.26. The zero-order valence-corrected chi connectivity index (χ0v) is 12.3. The second kappa shape index (κ2) is 7.00. The van der Waals surface area contributed by atoms with Gasteiger partial charge < -0.3 is 21.3 Å². The predicted octanol–water partition coefficient (Wildman–Crippen LogP) is 0.682. The van der Waals surface area contributed by atoms with Gasteiger partial charge in [0, 0.05) is 38.8 Å². The second-order valence-corrected chi connectivity index (χ2v) is 4.55. The third-order valence-electron chi connectivity index (χ3n) is 3.20. The number of halogens is 1. The number of rotatable bonds is 2. The molecule has 2 rings (SSSR count). The van der Waals surface area contributed by atoms with Crippen LogP contribution in [0.25, 0.3) is 0 Å². The van der Waals surface area contributed by atoms with Gasteiger partial charge in [-0.15, -0.1) is 12.4 Å². The summed E-state index contributed by atoms with van der Waals surface area (Å²) in [4.78, 5) is 19.4. The van der Waals surface area contributed by atoms with Gasteiger partial charge >= 0.3 is 0 Å². The fraction of sp³-hybridized carbons (Fsp3) is 0.385. The molecular formula is C13H20ClN5O. The van der Waals surface area contributed by atoms with Gasteiger partial charge in [-0.25, -0.2) is 4.99 Å². The number of carbonyl (C=O) groups is 1. The number of hydrogen-bond acceptors (Lipinski definition) is 3. The summed E-state index contributed by atoms with van der Waals surface area (Å²) in [6.45, 7) is 4.85. The van der Waals surface area contributed by atoms with Crippen molar-refractivity contribution >= 4 is 35.6 Å². The first-order chi connectivity index (χ1) is 9.06. The number of amides is 1. The second-order valence-electron chi connectivity index (χ2n) is 4.55. The summed E-state index contributed by atoms with van der Waals surface area (Å²) in [6.07, 6.45) is 0. The number of nitrogens with zero attached hydrogens (tertiary/aromatic N) is 3. The Morgan fingerprint density at radius 1 is 1.10 bits per heavy atom. The van der Waals surface area contributed by atoms with E-state index in [4.69, 9.17) is 11.5 Å². The van der Waals surface area contributed by atoms with Crippen molar-refractivity contribution in [3.8, 4) is 0 Å². The van der Waals surface area contributed by atoms with Crippen molar-refractivity contribution in [2.45, 2.75) is 6.92 Å². The molecule has 0 unspecified atom stereocenters. The summed E-state index contributed by atoms with van der Waals surface area (Å²) >= 11 is 0. The molecule has 0 radical (unpaired) electrons. The van der Waals surface area contributed by atoms with Gasteiger partial charge in [-0.2, -0.15) is 0 Å². The molecule has 110 valence electrons.